The van der Waals surface area contributed by atoms with E-state index in [2.05, 4.69) is 5.32 Å². The fraction of sp³-hybridized carbons (Fsp3) is 0.412. The lowest BCUT2D eigenvalue weighted by Crippen LogP contribution is -2.27. The normalized spacial score (nSPS) is 11.8. The predicted octanol–water partition coefficient (Wildman–Crippen LogP) is 4.05. The van der Waals surface area contributed by atoms with E-state index in [1.54, 1.807) is 26.8 Å². The number of primary amides is 1. The maximum absolute atomic E-state index is 12.0. The Balaban J connectivity index is 2.54. The van der Waals surface area contributed by atoms with Crippen LogP contribution in [-0.2, 0) is 4.74 Å². The number of hydrogen-bond donors (Lipinski definition) is 3. The Bertz CT molecular complexity index is 803. The minimum absolute atomic E-state index is 0.187. The third kappa shape index (κ3) is 3.79. The van der Waals surface area contributed by atoms with E-state index in [9.17, 15) is 9.59 Å². The minimum atomic E-state index is -0.597. The molecule has 6 nitrogen and oxygen atoms in total. The molecular formula is C17H23N3O3S. The Morgan fingerprint density at radius 2 is 1.88 bits per heavy atom. The van der Waals surface area contributed by atoms with Crippen LogP contribution in [-0.4, -0.2) is 17.6 Å². The molecule has 7 heteroatoms. The molecule has 2 amide bonds. The molecule has 0 fully saturated rings. The molecule has 0 aliphatic heterocycles. The molecular weight excluding hydrogens is 326 g/mol. The van der Waals surface area contributed by atoms with Crippen molar-refractivity contribution in [3.05, 3.63) is 23.3 Å². The Kier molecular flexibility index (Phi) is 4.75. The summed E-state index contributed by atoms with van der Waals surface area (Å²) in [5.41, 5.74) is 12.7. The summed E-state index contributed by atoms with van der Waals surface area (Å²) in [6.45, 7) is 9.44. The molecule has 0 unspecified atom stereocenters. The van der Waals surface area contributed by atoms with Gasteiger partial charge in [-0.25, -0.2) is 4.79 Å². The van der Waals surface area contributed by atoms with Gasteiger partial charge in [-0.2, -0.15) is 0 Å². The van der Waals surface area contributed by atoms with Crippen LogP contribution in [0, 0.1) is 0 Å². The van der Waals surface area contributed by atoms with E-state index in [1.807, 2.05) is 19.9 Å². The maximum Gasteiger partial charge on any atom is 0.412 e. The van der Waals surface area contributed by atoms with Crippen LogP contribution >= 0.6 is 11.3 Å². The number of carbonyl (C=O) groups is 2. The van der Waals surface area contributed by atoms with Crippen LogP contribution in [0.4, 0.5) is 15.5 Å². The molecule has 0 atom stereocenters. The standard InChI is InChI=1S/C17H23N3O3S/c1-8(2)10-6-9(20-16(22)23-17(3,4)5)7-11-12(14(18)21)15(19)24-13(10)11/h6-8H,19H2,1-5H3,(H2,18,21)(H,20,22). The van der Waals surface area contributed by atoms with Crippen LogP contribution in [0.5, 0.6) is 0 Å². The highest BCUT2D eigenvalue weighted by Crippen LogP contribution is 2.40. The third-order valence-corrected chi connectivity index (χ3v) is 4.44. The van der Waals surface area contributed by atoms with E-state index in [1.165, 1.54) is 11.3 Å². The number of nitrogens with two attached hydrogens (primary N) is 2. The predicted molar refractivity (Wildman–Crippen MR) is 98.7 cm³/mol. The number of hydrogen-bond acceptors (Lipinski definition) is 5. The molecule has 0 spiro atoms. The second kappa shape index (κ2) is 6.32. The molecule has 1 aromatic carbocycles. The largest absolute Gasteiger partial charge is 0.444 e. The number of carbonyl (C=O) groups excluding carboxylic acids is 2. The van der Waals surface area contributed by atoms with E-state index in [4.69, 9.17) is 16.2 Å². The fourth-order valence-electron chi connectivity index (χ4n) is 2.42. The molecule has 0 saturated carbocycles. The number of amides is 2. The summed E-state index contributed by atoms with van der Waals surface area (Å²) in [6, 6.07) is 3.58. The van der Waals surface area contributed by atoms with Gasteiger partial charge in [0.15, 0.2) is 0 Å². The van der Waals surface area contributed by atoms with Gasteiger partial charge in [0.2, 0.25) is 0 Å². The van der Waals surface area contributed by atoms with Gasteiger partial charge in [-0.1, -0.05) is 13.8 Å². The fourth-order valence-corrected chi connectivity index (χ4v) is 3.64. The van der Waals surface area contributed by atoms with Crippen molar-refractivity contribution in [1.29, 1.82) is 0 Å². The van der Waals surface area contributed by atoms with Crippen molar-refractivity contribution in [2.75, 3.05) is 11.1 Å². The average Bonchev–Trinajstić information content (AvgIpc) is 2.70. The van der Waals surface area contributed by atoms with Crippen LogP contribution in [0.25, 0.3) is 10.1 Å². The lowest BCUT2D eigenvalue weighted by atomic mass is 9.99. The molecule has 0 saturated heterocycles. The van der Waals surface area contributed by atoms with E-state index in [-0.39, 0.29) is 5.92 Å². The molecule has 2 rings (SSSR count). The number of nitrogens with one attached hydrogen (secondary N) is 1. The molecule has 0 aliphatic carbocycles. The summed E-state index contributed by atoms with van der Waals surface area (Å²) < 4.78 is 6.18. The van der Waals surface area contributed by atoms with Crippen LogP contribution in [0.1, 0.15) is 56.5 Å². The SMILES string of the molecule is CC(C)c1cc(NC(=O)OC(C)(C)C)cc2c(C(N)=O)c(N)sc12. The van der Waals surface area contributed by atoms with Crippen LogP contribution in [0.3, 0.4) is 0 Å². The number of ether oxygens (including phenoxy) is 1. The molecule has 0 bridgehead atoms. The first-order chi connectivity index (χ1) is 11.0. The van der Waals surface area contributed by atoms with Crippen molar-refractivity contribution in [3.8, 4) is 0 Å². The number of rotatable bonds is 3. The van der Waals surface area contributed by atoms with Crippen LogP contribution in [0.15, 0.2) is 12.1 Å². The number of nitrogen functional groups attached to an aromatic ring is 1. The van der Waals surface area contributed by atoms with Gasteiger partial charge in [-0.05, 0) is 44.4 Å². The van der Waals surface area contributed by atoms with Gasteiger partial charge in [-0.15, -0.1) is 11.3 Å². The van der Waals surface area contributed by atoms with E-state index < -0.39 is 17.6 Å². The van der Waals surface area contributed by atoms with Gasteiger partial charge in [0.1, 0.15) is 5.60 Å². The van der Waals surface area contributed by atoms with E-state index in [0.29, 0.717) is 21.6 Å². The molecule has 2 aromatic rings. The first-order valence-electron chi connectivity index (χ1n) is 7.65. The average molecular weight is 349 g/mol. The van der Waals surface area contributed by atoms with Gasteiger partial charge in [0.05, 0.1) is 10.6 Å². The van der Waals surface area contributed by atoms with Crippen molar-refractivity contribution in [2.24, 2.45) is 5.73 Å². The van der Waals surface area contributed by atoms with Gasteiger partial charge >= 0.3 is 6.09 Å². The first-order valence-corrected chi connectivity index (χ1v) is 8.47. The van der Waals surface area contributed by atoms with Crippen molar-refractivity contribution in [1.82, 2.24) is 0 Å². The maximum atomic E-state index is 12.0. The molecule has 1 aromatic heterocycles. The molecule has 24 heavy (non-hydrogen) atoms. The Labute approximate surface area is 145 Å². The molecule has 130 valence electrons. The van der Waals surface area contributed by atoms with Crippen molar-refractivity contribution in [2.45, 2.75) is 46.1 Å². The monoisotopic (exact) mass is 349 g/mol. The summed E-state index contributed by atoms with van der Waals surface area (Å²) in [5.74, 6) is -0.394. The summed E-state index contributed by atoms with van der Waals surface area (Å²) in [6.07, 6.45) is -0.555. The zero-order chi connectivity index (χ0) is 18.2. The summed E-state index contributed by atoms with van der Waals surface area (Å²) in [7, 11) is 0. The number of benzene rings is 1. The number of fused-ring (bicyclic) bond motifs is 1. The van der Waals surface area contributed by atoms with Crippen LogP contribution in [0.2, 0.25) is 0 Å². The van der Waals surface area contributed by atoms with Crippen molar-refractivity contribution < 1.29 is 14.3 Å². The summed E-state index contributed by atoms with van der Waals surface area (Å²) in [5, 5.41) is 3.75. The van der Waals surface area contributed by atoms with E-state index >= 15 is 0 Å². The lowest BCUT2D eigenvalue weighted by molar-refractivity contribution is 0.0635. The first kappa shape index (κ1) is 18.1. The highest BCUT2D eigenvalue weighted by molar-refractivity contribution is 7.23. The molecule has 5 N–H and O–H groups in total. The highest BCUT2D eigenvalue weighted by atomic mass is 32.1. The lowest BCUT2D eigenvalue weighted by Gasteiger charge is -2.20. The number of anilines is 2. The van der Waals surface area contributed by atoms with Gasteiger partial charge in [0.25, 0.3) is 5.91 Å². The van der Waals surface area contributed by atoms with Crippen molar-refractivity contribution >= 4 is 44.1 Å². The molecule has 1 heterocycles. The van der Waals surface area contributed by atoms with Gasteiger partial charge in [0, 0.05) is 15.8 Å². The summed E-state index contributed by atoms with van der Waals surface area (Å²) in [4.78, 5) is 23.8. The van der Waals surface area contributed by atoms with E-state index in [0.717, 1.165) is 10.3 Å². The smallest absolute Gasteiger partial charge is 0.412 e. The zero-order valence-corrected chi connectivity index (χ0v) is 15.3. The Morgan fingerprint density at radius 1 is 1.25 bits per heavy atom. The molecule has 0 radical (unpaired) electrons. The van der Waals surface area contributed by atoms with Gasteiger partial charge in [-0.3, -0.25) is 10.1 Å². The minimum Gasteiger partial charge on any atom is -0.444 e. The highest BCUT2D eigenvalue weighted by Gasteiger charge is 2.21. The second-order valence-electron chi connectivity index (χ2n) is 6.93. The second-order valence-corrected chi connectivity index (χ2v) is 7.98. The molecule has 0 aliphatic rings. The number of thiophene rings is 1. The Morgan fingerprint density at radius 3 is 2.38 bits per heavy atom. The van der Waals surface area contributed by atoms with Crippen LogP contribution < -0.4 is 16.8 Å². The quantitative estimate of drug-likeness (QED) is 0.776. The summed E-state index contributed by atoms with van der Waals surface area (Å²) >= 11 is 1.33. The van der Waals surface area contributed by atoms with Crippen molar-refractivity contribution in [3.63, 3.8) is 0 Å². The zero-order valence-electron chi connectivity index (χ0n) is 14.5. The van der Waals surface area contributed by atoms with Gasteiger partial charge < -0.3 is 16.2 Å². The third-order valence-electron chi connectivity index (χ3n) is 3.36. The topological polar surface area (TPSA) is 107 Å². The Hall–Kier alpha value is -2.28.